The maximum absolute atomic E-state index is 10.7. The molecular formula is C7H11NO2. The molecule has 0 unspecified atom stereocenters. The van der Waals surface area contributed by atoms with Crippen LogP contribution >= 0.6 is 0 Å². The smallest absolute Gasteiger partial charge is 0.319 e. The summed E-state index contributed by atoms with van der Waals surface area (Å²) in [6.07, 6.45) is 4.09. The van der Waals surface area contributed by atoms with E-state index in [0.717, 1.165) is 13.1 Å². The molecule has 0 fully saturated rings. The SMILES string of the molecule is COC(=O)CN1CC=CC1. The first-order valence-corrected chi connectivity index (χ1v) is 3.27. The molecule has 0 aromatic carbocycles. The van der Waals surface area contributed by atoms with Crippen LogP contribution in [-0.4, -0.2) is 37.6 Å². The Morgan fingerprint density at radius 2 is 2.20 bits per heavy atom. The molecule has 3 nitrogen and oxygen atoms in total. The molecule has 0 N–H and O–H groups in total. The fraction of sp³-hybridized carbons (Fsp3) is 0.571. The van der Waals surface area contributed by atoms with Gasteiger partial charge in [-0.25, -0.2) is 0 Å². The number of ether oxygens (including phenoxy) is 1. The van der Waals surface area contributed by atoms with Gasteiger partial charge in [-0.1, -0.05) is 12.2 Å². The molecule has 1 heterocycles. The van der Waals surface area contributed by atoms with Crippen LogP contribution in [-0.2, 0) is 9.53 Å². The van der Waals surface area contributed by atoms with Crippen molar-refractivity contribution in [3.05, 3.63) is 12.2 Å². The van der Waals surface area contributed by atoms with Gasteiger partial charge >= 0.3 is 5.97 Å². The van der Waals surface area contributed by atoms with Crippen molar-refractivity contribution in [2.75, 3.05) is 26.7 Å². The third-order valence-corrected chi connectivity index (χ3v) is 1.47. The molecular weight excluding hydrogens is 130 g/mol. The van der Waals surface area contributed by atoms with E-state index in [1.807, 2.05) is 17.1 Å². The number of rotatable bonds is 2. The van der Waals surface area contributed by atoms with Crippen LogP contribution in [0.3, 0.4) is 0 Å². The van der Waals surface area contributed by atoms with E-state index in [2.05, 4.69) is 4.74 Å². The van der Waals surface area contributed by atoms with E-state index in [1.54, 1.807) is 0 Å². The van der Waals surface area contributed by atoms with E-state index in [9.17, 15) is 4.79 Å². The lowest BCUT2D eigenvalue weighted by atomic mass is 10.5. The van der Waals surface area contributed by atoms with E-state index >= 15 is 0 Å². The van der Waals surface area contributed by atoms with Crippen molar-refractivity contribution in [3.8, 4) is 0 Å². The summed E-state index contributed by atoms with van der Waals surface area (Å²) in [5.74, 6) is -0.163. The lowest BCUT2D eigenvalue weighted by Gasteiger charge is -2.11. The summed E-state index contributed by atoms with van der Waals surface area (Å²) in [6, 6.07) is 0. The molecule has 1 aliphatic rings. The van der Waals surface area contributed by atoms with Crippen molar-refractivity contribution < 1.29 is 9.53 Å². The van der Waals surface area contributed by atoms with Gasteiger partial charge in [-0.2, -0.15) is 0 Å². The van der Waals surface area contributed by atoms with E-state index in [4.69, 9.17) is 0 Å². The Kier molecular flexibility index (Phi) is 2.45. The predicted octanol–water partition coefficient (Wildman–Crippen LogP) is 0.0312. The molecule has 1 rings (SSSR count). The number of esters is 1. The van der Waals surface area contributed by atoms with E-state index in [0.29, 0.717) is 6.54 Å². The highest BCUT2D eigenvalue weighted by Crippen LogP contribution is 1.97. The third-order valence-electron chi connectivity index (χ3n) is 1.47. The van der Waals surface area contributed by atoms with Gasteiger partial charge in [0, 0.05) is 13.1 Å². The van der Waals surface area contributed by atoms with E-state index in [-0.39, 0.29) is 5.97 Å². The molecule has 0 spiro atoms. The van der Waals surface area contributed by atoms with Gasteiger partial charge < -0.3 is 4.74 Å². The fourth-order valence-corrected chi connectivity index (χ4v) is 0.898. The van der Waals surface area contributed by atoms with Crippen molar-refractivity contribution in [1.82, 2.24) is 4.90 Å². The van der Waals surface area contributed by atoms with Gasteiger partial charge in [0.15, 0.2) is 0 Å². The summed E-state index contributed by atoms with van der Waals surface area (Å²) in [6.45, 7) is 2.15. The van der Waals surface area contributed by atoms with Crippen LogP contribution in [0, 0.1) is 0 Å². The average molecular weight is 141 g/mol. The van der Waals surface area contributed by atoms with Crippen molar-refractivity contribution in [1.29, 1.82) is 0 Å². The number of carbonyl (C=O) groups excluding carboxylic acids is 1. The van der Waals surface area contributed by atoms with Gasteiger partial charge in [0.2, 0.25) is 0 Å². The largest absolute Gasteiger partial charge is 0.468 e. The Hall–Kier alpha value is -0.830. The molecule has 10 heavy (non-hydrogen) atoms. The molecule has 3 heteroatoms. The van der Waals surface area contributed by atoms with Gasteiger partial charge in [-0.05, 0) is 0 Å². The molecule has 0 aliphatic carbocycles. The van der Waals surface area contributed by atoms with Crippen LogP contribution in [0.15, 0.2) is 12.2 Å². The Labute approximate surface area is 60.3 Å². The first-order chi connectivity index (χ1) is 4.83. The molecule has 0 saturated carbocycles. The Morgan fingerprint density at radius 1 is 1.60 bits per heavy atom. The minimum Gasteiger partial charge on any atom is -0.468 e. The molecule has 56 valence electrons. The van der Waals surface area contributed by atoms with E-state index < -0.39 is 0 Å². The molecule has 0 amide bonds. The maximum Gasteiger partial charge on any atom is 0.319 e. The average Bonchev–Trinajstić information content (AvgIpc) is 2.40. The normalized spacial score (nSPS) is 17.7. The molecule has 0 bridgehead atoms. The van der Waals surface area contributed by atoms with Crippen LogP contribution in [0.2, 0.25) is 0 Å². The number of nitrogens with zero attached hydrogens (tertiary/aromatic N) is 1. The quantitative estimate of drug-likeness (QED) is 0.401. The van der Waals surface area contributed by atoms with Crippen molar-refractivity contribution >= 4 is 5.97 Å². The Morgan fingerprint density at radius 3 is 2.70 bits per heavy atom. The number of hydrogen-bond donors (Lipinski definition) is 0. The predicted molar refractivity (Wildman–Crippen MR) is 37.6 cm³/mol. The van der Waals surface area contributed by atoms with Gasteiger partial charge in [-0.15, -0.1) is 0 Å². The summed E-state index contributed by atoms with van der Waals surface area (Å²) in [4.78, 5) is 12.7. The molecule has 0 radical (unpaired) electrons. The number of carbonyl (C=O) groups is 1. The van der Waals surface area contributed by atoms with Gasteiger partial charge in [0.05, 0.1) is 13.7 Å². The summed E-state index contributed by atoms with van der Waals surface area (Å²) in [7, 11) is 1.41. The fourth-order valence-electron chi connectivity index (χ4n) is 0.898. The van der Waals surface area contributed by atoms with Crippen LogP contribution in [0.25, 0.3) is 0 Å². The Balaban J connectivity index is 2.19. The topological polar surface area (TPSA) is 29.5 Å². The van der Waals surface area contributed by atoms with E-state index in [1.165, 1.54) is 7.11 Å². The lowest BCUT2D eigenvalue weighted by molar-refractivity contribution is -0.141. The summed E-state index contributed by atoms with van der Waals surface area (Å²) in [5.41, 5.74) is 0. The first-order valence-electron chi connectivity index (χ1n) is 3.27. The second-order valence-electron chi connectivity index (χ2n) is 2.24. The van der Waals surface area contributed by atoms with Crippen molar-refractivity contribution in [2.45, 2.75) is 0 Å². The van der Waals surface area contributed by atoms with Crippen LogP contribution in [0.1, 0.15) is 0 Å². The zero-order chi connectivity index (χ0) is 7.40. The Bertz CT molecular complexity index is 146. The second kappa shape index (κ2) is 3.37. The summed E-state index contributed by atoms with van der Waals surface area (Å²) < 4.78 is 4.50. The lowest BCUT2D eigenvalue weighted by Crippen LogP contribution is -2.27. The molecule has 0 atom stereocenters. The highest BCUT2D eigenvalue weighted by Gasteiger charge is 2.10. The van der Waals surface area contributed by atoms with Gasteiger partial charge in [0.25, 0.3) is 0 Å². The zero-order valence-electron chi connectivity index (χ0n) is 6.04. The third kappa shape index (κ3) is 1.84. The van der Waals surface area contributed by atoms with Gasteiger partial charge in [0.1, 0.15) is 0 Å². The van der Waals surface area contributed by atoms with Crippen LogP contribution in [0.5, 0.6) is 0 Å². The first kappa shape index (κ1) is 7.28. The molecule has 1 aliphatic heterocycles. The molecule has 0 aromatic rings. The van der Waals surface area contributed by atoms with Gasteiger partial charge in [-0.3, -0.25) is 9.69 Å². The monoisotopic (exact) mass is 141 g/mol. The second-order valence-corrected chi connectivity index (χ2v) is 2.24. The van der Waals surface area contributed by atoms with Crippen molar-refractivity contribution in [3.63, 3.8) is 0 Å². The standard InChI is InChI=1S/C7H11NO2/c1-10-7(9)6-8-4-2-3-5-8/h2-3H,4-6H2,1H3. The number of methoxy groups -OCH3 is 1. The van der Waals surface area contributed by atoms with Crippen LogP contribution < -0.4 is 0 Å². The minimum atomic E-state index is -0.163. The highest BCUT2D eigenvalue weighted by molar-refractivity contribution is 5.71. The summed E-state index contributed by atoms with van der Waals surface area (Å²) in [5, 5.41) is 0. The van der Waals surface area contributed by atoms with Crippen molar-refractivity contribution in [2.24, 2.45) is 0 Å². The highest BCUT2D eigenvalue weighted by atomic mass is 16.5. The maximum atomic E-state index is 10.7. The van der Waals surface area contributed by atoms with Crippen LogP contribution in [0.4, 0.5) is 0 Å². The minimum absolute atomic E-state index is 0.163. The zero-order valence-corrected chi connectivity index (χ0v) is 6.04. The summed E-state index contributed by atoms with van der Waals surface area (Å²) >= 11 is 0. The number of hydrogen-bond acceptors (Lipinski definition) is 3. The molecule has 0 aromatic heterocycles. The molecule has 0 saturated heterocycles.